The third-order valence-corrected chi connectivity index (χ3v) is 4.15. The van der Waals surface area contributed by atoms with Crippen molar-refractivity contribution in [2.24, 2.45) is 7.05 Å². The molecule has 7 nitrogen and oxygen atoms in total. The minimum atomic E-state index is -4.46. The summed E-state index contributed by atoms with van der Waals surface area (Å²) in [6.45, 7) is 2.85. The van der Waals surface area contributed by atoms with Gasteiger partial charge in [-0.1, -0.05) is 0 Å². The zero-order valence-corrected chi connectivity index (χ0v) is 15.8. The molecule has 0 saturated heterocycles. The third kappa shape index (κ3) is 4.36. The summed E-state index contributed by atoms with van der Waals surface area (Å²) in [6, 6.07) is 5.49. The quantitative estimate of drug-likeness (QED) is 0.671. The minimum Gasteiger partial charge on any atom is -0.452 e. The van der Waals surface area contributed by atoms with Crippen LogP contribution < -0.4 is 5.32 Å². The van der Waals surface area contributed by atoms with Crippen molar-refractivity contribution in [3.05, 3.63) is 52.8 Å². The van der Waals surface area contributed by atoms with E-state index in [1.807, 2.05) is 0 Å². The first kappa shape index (κ1) is 20.3. The number of hydrogen-bond acceptors (Lipinski definition) is 5. The van der Waals surface area contributed by atoms with E-state index in [2.05, 4.69) is 15.4 Å². The van der Waals surface area contributed by atoms with Crippen molar-refractivity contribution in [1.29, 1.82) is 0 Å². The fourth-order valence-corrected chi connectivity index (χ4v) is 2.88. The number of aryl methyl sites for hydroxylation is 3. The van der Waals surface area contributed by atoms with Crippen molar-refractivity contribution in [3.8, 4) is 0 Å². The van der Waals surface area contributed by atoms with Crippen molar-refractivity contribution in [3.63, 3.8) is 0 Å². The Kier molecular flexibility index (Phi) is 5.27. The van der Waals surface area contributed by atoms with Crippen molar-refractivity contribution in [1.82, 2.24) is 14.8 Å². The molecule has 1 aromatic carbocycles. The zero-order chi connectivity index (χ0) is 21.3. The molecule has 0 aliphatic rings. The molecule has 0 saturated carbocycles. The van der Waals surface area contributed by atoms with Gasteiger partial charge in [-0.15, -0.1) is 0 Å². The third-order valence-electron chi connectivity index (χ3n) is 4.15. The Morgan fingerprint density at radius 2 is 1.83 bits per heavy atom. The summed E-state index contributed by atoms with van der Waals surface area (Å²) in [5.74, 6) is -1.40. The molecule has 0 radical (unpaired) electrons. The van der Waals surface area contributed by atoms with E-state index in [0.717, 1.165) is 24.3 Å². The second-order valence-corrected chi connectivity index (χ2v) is 6.42. The molecule has 2 heterocycles. The summed E-state index contributed by atoms with van der Waals surface area (Å²) < 4.78 is 44.3. The molecule has 1 N–H and O–H groups in total. The van der Waals surface area contributed by atoms with Crippen molar-refractivity contribution < 1.29 is 27.5 Å². The first-order valence-corrected chi connectivity index (χ1v) is 8.51. The summed E-state index contributed by atoms with van der Waals surface area (Å²) in [6.07, 6.45) is -4.46. The number of fused-ring (bicyclic) bond motifs is 1. The van der Waals surface area contributed by atoms with Crippen molar-refractivity contribution >= 4 is 28.6 Å². The van der Waals surface area contributed by atoms with Crippen LogP contribution in [0.25, 0.3) is 11.0 Å². The number of pyridine rings is 1. The summed E-state index contributed by atoms with van der Waals surface area (Å²) in [4.78, 5) is 28.8. The van der Waals surface area contributed by atoms with Gasteiger partial charge in [-0.05, 0) is 44.2 Å². The molecule has 3 rings (SSSR count). The van der Waals surface area contributed by atoms with Gasteiger partial charge in [0.05, 0.1) is 22.2 Å². The molecule has 29 heavy (non-hydrogen) atoms. The number of nitrogens with one attached hydrogen (secondary N) is 1. The molecule has 0 atom stereocenters. The average Bonchev–Trinajstić information content (AvgIpc) is 2.92. The number of esters is 1. The number of amides is 1. The molecule has 3 aromatic rings. The predicted molar refractivity (Wildman–Crippen MR) is 98.3 cm³/mol. The van der Waals surface area contributed by atoms with Crippen LogP contribution in [0.2, 0.25) is 0 Å². The lowest BCUT2D eigenvalue weighted by molar-refractivity contribution is -0.137. The van der Waals surface area contributed by atoms with Gasteiger partial charge in [0.1, 0.15) is 0 Å². The Labute approximate surface area is 163 Å². The highest BCUT2D eigenvalue weighted by atomic mass is 19.4. The van der Waals surface area contributed by atoms with Crippen LogP contribution in [-0.4, -0.2) is 33.2 Å². The second kappa shape index (κ2) is 7.53. The monoisotopic (exact) mass is 406 g/mol. The molecular weight excluding hydrogens is 389 g/mol. The van der Waals surface area contributed by atoms with Gasteiger partial charge in [0.2, 0.25) is 0 Å². The van der Waals surface area contributed by atoms with Crippen LogP contribution in [0.3, 0.4) is 0 Å². The topological polar surface area (TPSA) is 86.1 Å². The Morgan fingerprint density at radius 3 is 2.45 bits per heavy atom. The molecule has 0 fully saturated rings. The Balaban J connectivity index is 1.68. The Hall–Kier alpha value is -3.43. The largest absolute Gasteiger partial charge is 0.452 e. The number of alkyl halides is 3. The molecule has 0 aliphatic carbocycles. The number of anilines is 1. The number of carbonyl (C=O) groups is 2. The molecule has 1 amide bonds. The maximum Gasteiger partial charge on any atom is 0.416 e. The van der Waals surface area contributed by atoms with Gasteiger partial charge < -0.3 is 10.1 Å². The summed E-state index contributed by atoms with van der Waals surface area (Å²) in [7, 11) is 1.70. The van der Waals surface area contributed by atoms with E-state index in [4.69, 9.17) is 4.74 Å². The molecule has 0 unspecified atom stereocenters. The van der Waals surface area contributed by atoms with Gasteiger partial charge >= 0.3 is 12.1 Å². The maximum atomic E-state index is 12.6. The van der Waals surface area contributed by atoms with Crippen LogP contribution in [0.4, 0.5) is 18.9 Å². The van der Waals surface area contributed by atoms with Gasteiger partial charge in [0.15, 0.2) is 12.3 Å². The Bertz CT molecular complexity index is 1090. The highest BCUT2D eigenvalue weighted by Crippen LogP contribution is 2.29. The van der Waals surface area contributed by atoms with Gasteiger partial charge in [-0.2, -0.15) is 18.3 Å². The summed E-state index contributed by atoms with van der Waals surface area (Å²) in [5, 5.41) is 7.15. The van der Waals surface area contributed by atoms with Gasteiger partial charge in [-0.3, -0.25) is 9.48 Å². The Morgan fingerprint density at radius 1 is 1.17 bits per heavy atom. The second-order valence-electron chi connectivity index (χ2n) is 6.42. The van der Waals surface area contributed by atoms with Gasteiger partial charge in [-0.25, -0.2) is 9.78 Å². The smallest absolute Gasteiger partial charge is 0.416 e. The fraction of sp³-hybridized carbons (Fsp3) is 0.263. The lowest BCUT2D eigenvalue weighted by Gasteiger charge is -2.10. The van der Waals surface area contributed by atoms with Crippen LogP contribution in [0, 0.1) is 13.8 Å². The van der Waals surface area contributed by atoms with Gasteiger partial charge in [0.25, 0.3) is 5.91 Å². The molecular formula is C19H17F3N4O3. The van der Waals surface area contributed by atoms with Crippen LogP contribution in [-0.2, 0) is 22.8 Å². The average molecular weight is 406 g/mol. The van der Waals surface area contributed by atoms with E-state index >= 15 is 0 Å². The first-order chi connectivity index (χ1) is 13.6. The van der Waals surface area contributed by atoms with E-state index in [1.165, 1.54) is 0 Å². The van der Waals surface area contributed by atoms with Crippen LogP contribution in [0.5, 0.6) is 0 Å². The van der Waals surface area contributed by atoms with E-state index in [1.54, 1.807) is 31.6 Å². The first-order valence-electron chi connectivity index (χ1n) is 8.51. The number of nitrogens with zero attached hydrogens (tertiary/aromatic N) is 3. The number of rotatable bonds is 4. The van der Waals surface area contributed by atoms with E-state index < -0.39 is 30.2 Å². The number of aromatic nitrogens is 3. The molecule has 152 valence electrons. The molecule has 0 aliphatic heterocycles. The van der Waals surface area contributed by atoms with Gasteiger partial charge in [0, 0.05) is 18.4 Å². The number of halogens is 3. The standard InChI is InChI=1S/C19H17F3N4O3/c1-10-8-14(16-11(2)25-26(3)17(16)23-10)18(28)29-9-15(27)24-13-6-4-12(5-7-13)19(20,21)22/h4-8H,9H2,1-3H3,(H,24,27). The number of hydrogen-bond donors (Lipinski definition) is 1. The summed E-state index contributed by atoms with van der Waals surface area (Å²) in [5.41, 5.74) is 1.26. The molecule has 2 aromatic heterocycles. The maximum absolute atomic E-state index is 12.6. The highest BCUT2D eigenvalue weighted by molar-refractivity contribution is 6.04. The zero-order valence-electron chi connectivity index (χ0n) is 15.8. The SMILES string of the molecule is Cc1cc(C(=O)OCC(=O)Nc2ccc(C(F)(F)F)cc2)c2c(C)nn(C)c2n1. The van der Waals surface area contributed by atoms with E-state index in [-0.39, 0.29) is 11.3 Å². The van der Waals surface area contributed by atoms with Crippen LogP contribution in [0.1, 0.15) is 27.3 Å². The lowest BCUT2D eigenvalue weighted by Crippen LogP contribution is -2.21. The van der Waals surface area contributed by atoms with Crippen LogP contribution in [0.15, 0.2) is 30.3 Å². The van der Waals surface area contributed by atoms with Crippen LogP contribution >= 0.6 is 0 Å². The highest BCUT2D eigenvalue weighted by Gasteiger charge is 2.30. The van der Waals surface area contributed by atoms with Crippen molar-refractivity contribution in [2.45, 2.75) is 20.0 Å². The van der Waals surface area contributed by atoms with E-state index in [9.17, 15) is 22.8 Å². The molecule has 0 bridgehead atoms. The van der Waals surface area contributed by atoms with E-state index in [0.29, 0.717) is 22.4 Å². The molecule has 0 spiro atoms. The normalized spacial score (nSPS) is 11.5. The minimum absolute atomic E-state index is 0.157. The lowest BCUT2D eigenvalue weighted by atomic mass is 10.1. The number of carbonyl (C=O) groups excluding carboxylic acids is 2. The molecule has 10 heteroatoms. The van der Waals surface area contributed by atoms with Crippen molar-refractivity contribution in [2.75, 3.05) is 11.9 Å². The summed E-state index contributed by atoms with van der Waals surface area (Å²) >= 11 is 0. The fourth-order valence-electron chi connectivity index (χ4n) is 2.88. The number of benzene rings is 1. The predicted octanol–water partition coefficient (Wildman–Crippen LogP) is 3.40. The number of ether oxygens (including phenoxy) is 1.